The lowest BCUT2D eigenvalue weighted by Gasteiger charge is -2.10. The number of rotatable bonds is 5. The van der Waals surface area contributed by atoms with Gasteiger partial charge in [-0.2, -0.15) is 0 Å². The van der Waals surface area contributed by atoms with Crippen molar-refractivity contribution >= 4 is 32.7 Å². The van der Waals surface area contributed by atoms with Crippen LogP contribution in [0.1, 0.15) is 15.9 Å². The molecule has 0 radical (unpaired) electrons. The van der Waals surface area contributed by atoms with Crippen molar-refractivity contribution in [2.45, 2.75) is 6.54 Å². The highest BCUT2D eigenvalue weighted by Crippen LogP contribution is 2.30. The quantitative estimate of drug-likeness (QED) is 0.474. The van der Waals surface area contributed by atoms with Gasteiger partial charge in [0.15, 0.2) is 0 Å². The number of nitrogens with zero attached hydrogens (tertiary/aromatic N) is 2. The standard InChI is InChI=1S/C22H16BrN3O2/c23-17-4-5-19-20(13-17)25-11-8-21(19)28-18-3-1-2-16(12-18)22(27)26-14-15-6-9-24-10-7-15/h1-13H,14H2,(H,26,27). The molecule has 0 atom stereocenters. The fraction of sp³-hybridized carbons (Fsp3) is 0.0455. The molecule has 2 aromatic heterocycles. The summed E-state index contributed by atoms with van der Waals surface area (Å²) in [5.41, 5.74) is 2.36. The second-order valence-electron chi connectivity index (χ2n) is 6.14. The third kappa shape index (κ3) is 4.18. The van der Waals surface area contributed by atoms with E-state index in [1.807, 2.05) is 42.5 Å². The molecule has 0 aliphatic rings. The van der Waals surface area contributed by atoms with Gasteiger partial charge in [0, 0.05) is 40.6 Å². The van der Waals surface area contributed by atoms with E-state index >= 15 is 0 Å². The van der Waals surface area contributed by atoms with Gasteiger partial charge in [-0.05, 0) is 60.2 Å². The van der Waals surface area contributed by atoms with Crippen LogP contribution in [0.25, 0.3) is 10.9 Å². The molecule has 1 amide bonds. The van der Waals surface area contributed by atoms with Crippen LogP contribution in [0.4, 0.5) is 0 Å². The highest BCUT2D eigenvalue weighted by molar-refractivity contribution is 9.10. The maximum absolute atomic E-state index is 12.5. The van der Waals surface area contributed by atoms with Crippen molar-refractivity contribution in [3.05, 3.63) is 94.9 Å². The summed E-state index contributed by atoms with van der Waals surface area (Å²) >= 11 is 3.45. The highest BCUT2D eigenvalue weighted by atomic mass is 79.9. The van der Waals surface area contributed by atoms with Crippen molar-refractivity contribution in [2.75, 3.05) is 0 Å². The zero-order valence-corrected chi connectivity index (χ0v) is 16.4. The number of aromatic nitrogens is 2. The number of amides is 1. The molecule has 4 aromatic rings. The first-order chi connectivity index (χ1) is 13.7. The van der Waals surface area contributed by atoms with Crippen LogP contribution in [0, 0.1) is 0 Å². The Bertz CT molecular complexity index is 1130. The van der Waals surface area contributed by atoms with E-state index in [0.29, 0.717) is 23.6 Å². The monoisotopic (exact) mass is 433 g/mol. The Morgan fingerprint density at radius 2 is 1.86 bits per heavy atom. The summed E-state index contributed by atoms with van der Waals surface area (Å²) in [7, 11) is 0. The van der Waals surface area contributed by atoms with Crippen molar-refractivity contribution in [1.29, 1.82) is 0 Å². The number of fused-ring (bicyclic) bond motifs is 1. The number of nitrogens with one attached hydrogen (secondary N) is 1. The minimum atomic E-state index is -0.161. The van der Waals surface area contributed by atoms with E-state index < -0.39 is 0 Å². The summed E-state index contributed by atoms with van der Waals surface area (Å²) in [5, 5.41) is 3.81. The molecule has 0 unspecified atom stereocenters. The summed E-state index contributed by atoms with van der Waals surface area (Å²) in [5.74, 6) is 1.12. The molecule has 0 spiro atoms. The van der Waals surface area contributed by atoms with Gasteiger partial charge in [0.2, 0.25) is 0 Å². The molecule has 4 rings (SSSR count). The van der Waals surface area contributed by atoms with Crippen molar-refractivity contribution in [2.24, 2.45) is 0 Å². The maximum atomic E-state index is 12.5. The molecule has 6 heteroatoms. The molecule has 28 heavy (non-hydrogen) atoms. The zero-order valence-electron chi connectivity index (χ0n) is 14.8. The Morgan fingerprint density at radius 3 is 2.71 bits per heavy atom. The largest absolute Gasteiger partial charge is 0.457 e. The first-order valence-electron chi connectivity index (χ1n) is 8.68. The normalized spacial score (nSPS) is 10.6. The van der Waals surface area contributed by atoms with Gasteiger partial charge in [-0.3, -0.25) is 14.8 Å². The Labute approximate surface area is 170 Å². The van der Waals surface area contributed by atoms with Gasteiger partial charge in [-0.25, -0.2) is 0 Å². The summed E-state index contributed by atoms with van der Waals surface area (Å²) in [4.78, 5) is 20.8. The number of halogens is 1. The van der Waals surface area contributed by atoms with Gasteiger partial charge >= 0.3 is 0 Å². The number of ether oxygens (including phenoxy) is 1. The third-order valence-electron chi connectivity index (χ3n) is 4.19. The maximum Gasteiger partial charge on any atom is 0.251 e. The number of pyridine rings is 2. The van der Waals surface area contributed by atoms with Crippen LogP contribution < -0.4 is 10.1 Å². The average molecular weight is 434 g/mol. The van der Waals surface area contributed by atoms with Gasteiger partial charge in [-0.15, -0.1) is 0 Å². The molecule has 5 nitrogen and oxygen atoms in total. The van der Waals surface area contributed by atoms with Crippen LogP contribution in [0.15, 0.2) is 83.7 Å². The fourth-order valence-corrected chi connectivity index (χ4v) is 3.15. The lowest BCUT2D eigenvalue weighted by Crippen LogP contribution is -2.22. The van der Waals surface area contributed by atoms with E-state index in [-0.39, 0.29) is 5.91 Å². The molecular weight excluding hydrogens is 418 g/mol. The van der Waals surface area contributed by atoms with E-state index in [0.717, 1.165) is 20.9 Å². The number of hydrogen-bond acceptors (Lipinski definition) is 4. The van der Waals surface area contributed by atoms with E-state index in [1.165, 1.54) is 0 Å². The number of carbonyl (C=O) groups is 1. The van der Waals surface area contributed by atoms with Crippen molar-refractivity contribution < 1.29 is 9.53 Å². The Morgan fingerprint density at radius 1 is 1.00 bits per heavy atom. The molecule has 0 bridgehead atoms. The molecule has 0 fully saturated rings. The van der Waals surface area contributed by atoms with Crippen LogP contribution >= 0.6 is 15.9 Å². The predicted molar refractivity (Wildman–Crippen MR) is 111 cm³/mol. The van der Waals surface area contributed by atoms with Crippen LogP contribution in [-0.2, 0) is 6.54 Å². The second kappa shape index (κ2) is 8.19. The minimum Gasteiger partial charge on any atom is -0.457 e. The van der Waals surface area contributed by atoms with Gasteiger partial charge in [0.05, 0.1) is 5.52 Å². The van der Waals surface area contributed by atoms with E-state index in [4.69, 9.17) is 4.74 Å². The molecule has 0 saturated carbocycles. The van der Waals surface area contributed by atoms with E-state index in [9.17, 15) is 4.79 Å². The Hall–Kier alpha value is -3.25. The first-order valence-corrected chi connectivity index (χ1v) is 9.48. The van der Waals surface area contributed by atoms with Gasteiger partial charge in [0.1, 0.15) is 11.5 Å². The van der Waals surface area contributed by atoms with Crippen LogP contribution in [0.5, 0.6) is 11.5 Å². The lowest BCUT2D eigenvalue weighted by molar-refractivity contribution is 0.0950. The molecular formula is C22H16BrN3O2. The summed E-state index contributed by atoms with van der Waals surface area (Å²) in [6.07, 6.45) is 5.11. The summed E-state index contributed by atoms with van der Waals surface area (Å²) in [6, 6.07) is 18.5. The second-order valence-corrected chi connectivity index (χ2v) is 7.05. The van der Waals surface area contributed by atoms with Crippen LogP contribution in [-0.4, -0.2) is 15.9 Å². The van der Waals surface area contributed by atoms with Crippen LogP contribution in [0.2, 0.25) is 0 Å². The van der Waals surface area contributed by atoms with Crippen LogP contribution in [0.3, 0.4) is 0 Å². The predicted octanol–water partition coefficient (Wildman–Crippen LogP) is 5.11. The molecule has 2 aromatic carbocycles. The fourth-order valence-electron chi connectivity index (χ4n) is 2.80. The van der Waals surface area contributed by atoms with Gasteiger partial charge in [-0.1, -0.05) is 22.0 Å². The molecule has 138 valence electrons. The van der Waals surface area contributed by atoms with E-state index in [1.54, 1.807) is 36.8 Å². The number of carbonyl (C=O) groups excluding carboxylic acids is 1. The van der Waals surface area contributed by atoms with Gasteiger partial charge in [0.25, 0.3) is 5.91 Å². The molecule has 0 aliphatic heterocycles. The van der Waals surface area contributed by atoms with E-state index in [2.05, 4.69) is 31.2 Å². The zero-order chi connectivity index (χ0) is 19.3. The minimum absolute atomic E-state index is 0.161. The third-order valence-corrected chi connectivity index (χ3v) is 4.68. The van der Waals surface area contributed by atoms with Crippen molar-refractivity contribution in [3.63, 3.8) is 0 Å². The first kappa shape index (κ1) is 18.1. The molecule has 1 N–H and O–H groups in total. The van der Waals surface area contributed by atoms with Gasteiger partial charge < -0.3 is 10.1 Å². The Balaban J connectivity index is 1.52. The van der Waals surface area contributed by atoms with Crippen molar-refractivity contribution in [3.8, 4) is 11.5 Å². The Kier molecular flexibility index (Phi) is 5.30. The van der Waals surface area contributed by atoms with Crippen molar-refractivity contribution in [1.82, 2.24) is 15.3 Å². The molecule has 2 heterocycles. The summed E-state index contributed by atoms with van der Waals surface area (Å²) in [6.45, 7) is 0.441. The molecule has 0 aliphatic carbocycles. The summed E-state index contributed by atoms with van der Waals surface area (Å²) < 4.78 is 7.00. The number of benzene rings is 2. The lowest BCUT2D eigenvalue weighted by atomic mass is 10.2. The SMILES string of the molecule is O=C(NCc1ccncc1)c1cccc(Oc2ccnc3cc(Br)ccc23)c1. The highest BCUT2D eigenvalue weighted by Gasteiger charge is 2.09. The molecule has 0 saturated heterocycles. The smallest absolute Gasteiger partial charge is 0.251 e. The number of hydrogen-bond donors (Lipinski definition) is 1. The topological polar surface area (TPSA) is 64.1 Å². The average Bonchev–Trinajstić information content (AvgIpc) is 2.73.